The quantitative estimate of drug-likeness (QED) is 0.779. The van der Waals surface area contributed by atoms with E-state index in [1.807, 2.05) is 26.2 Å². The Bertz CT molecular complexity index is 425. The zero-order valence-corrected chi connectivity index (χ0v) is 13.7. The minimum absolute atomic E-state index is 0.0101. The number of aliphatic hydroxyl groups excluding tert-OH is 1. The van der Waals surface area contributed by atoms with Crippen LogP contribution in [0.25, 0.3) is 0 Å². The molecule has 0 aromatic carbocycles. The Morgan fingerprint density at radius 3 is 1.95 bits per heavy atom. The van der Waals surface area contributed by atoms with E-state index in [0.29, 0.717) is 0 Å². The summed E-state index contributed by atoms with van der Waals surface area (Å²) in [5, 5.41) is 10.4. The first-order chi connectivity index (χ1) is 8.44. The molecule has 1 atom stereocenters. The van der Waals surface area contributed by atoms with E-state index in [9.17, 15) is 5.11 Å². The second kappa shape index (κ2) is 5.16. The molecule has 0 saturated heterocycles. The molecule has 0 heterocycles. The van der Waals surface area contributed by atoms with Crippen molar-refractivity contribution in [2.24, 2.45) is 10.8 Å². The van der Waals surface area contributed by atoms with Gasteiger partial charge in [-0.05, 0) is 27.5 Å². The summed E-state index contributed by atoms with van der Waals surface area (Å²) in [6.07, 6.45) is 5.59. The molecular formula is C17H29NO. The molecule has 1 aliphatic rings. The summed E-state index contributed by atoms with van der Waals surface area (Å²) < 4.78 is 0. The molecule has 0 radical (unpaired) electrons. The summed E-state index contributed by atoms with van der Waals surface area (Å²) in [7, 11) is 4.06. The van der Waals surface area contributed by atoms with Crippen molar-refractivity contribution in [1.82, 2.24) is 4.90 Å². The fourth-order valence-electron chi connectivity index (χ4n) is 2.72. The maximum Gasteiger partial charge on any atom is 0.0946 e. The Morgan fingerprint density at radius 2 is 1.58 bits per heavy atom. The van der Waals surface area contributed by atoms with Crippen molar-refractivity contribution in [2.45, 2.75) is 47.6 Å². The molecule has 1 aliphatic carbocycles. The first-order valence-corrected chi connectivity index (χ1v) is 6.94. The highest BCUT2D eigenvalue weighted by molar-refractivity contribution is 5.52. The maximum atomic E-state index is 10.4. The van der Waals surface area contributed by atoms with Gasteiger partial charge >= 0.3 is 0 Å². The summed E-state index contributed by atoms with van der Waals surface area (Å²) in [6.45, 7) is 13.1. The Morgan fingerprint density at radius 1 is 1.05 bits per heavy atom. The summed E-state index contributed by atoms with van der Waals surface area (Å²) in [5.41, 5.74) is 3.57. The highest BCUT2D eigenvalue weighted by Crippen LogP contribution is 2.44. The van der Waals surface area contributed by atoms with Crippen LogP contribution < -0.4 is 0 Å². The molecule has 0 bridgehead atoms. The van der Waals surface area contributed by atoms with E-state index < -0.39 is 6.10 Å². The molecule has 0 aromatic rings. The van der Waals surface area contributed by atoms with Crippen molar-refractivity contribution in [3.8, 4) is 0 Å². The molecule has 108 valence electrons. The summed E-state index contributed by atoms with van der Waals surface area (Å²) in [5.74, 6) is 0. The van der Waals surface area contributed by atoms with Crippen LogP contribution in [0.3, 0.4) is 0 Å². The van der Waals surface area contributed by atoms with Crippen molar-refractivity contribution in [3.63, 3.8) is 0 Å². The van der Waals surface area contributed by atoms with E-state index in [1.165, 1.54) is 11.1 Å². The van der Waals surface area contributed by atoms with Crippen LogP contribution in [0.4, 0.5) is 0 Å². The Balaban J connectivity index is 3.55. The van der Waals surface area contributed by atoms with Crippen LogP contribution >= 0.6 is 0 Å². The van der Waals surface area contributed by atoms with Gasteiger partial charge < -0.3 is 10.0 Å². The fourth-order valence-corrected chi connectivity index (χ4v) is 2.72. The van der Waals surface area contributed by atoms with Crippen LogP contribution in [-0.2, 0) is 0 Å². The van der Waals surface area contributed by atoms with Crippen LogP contribution in [0.2, 0.25) is 0 Å². The number of nitrogens with zero attached hydrogens (tertiary/aromatic N) is 1. The second-order valence-electron chi connectivity index (χ2n) is 7.64. The van der Waals surface area contributed by atoms with Crippen LogP contribution in [-0.4, -0.2) is 30.2 Å². The summed E-state index contributed by atoms with van der Waals surface area (Å²) >= 11 is 0. The van der Waals surface area contributed by atoms with Gasteiger partial charge in [0.25, 0.3) is 0 Å². The largest absolute Gasteiger partial charge is 0.385 e. The molecule has 0 spiro atoms. The van der Waals surface area contributed by atoms with Crippen molar-refractivity contribution >= 4 is 0 Å². The van der Waals surface area contributed by atoms with E-state index in [-0.39, 0.29) is 10.8 Å². The first kappa shape index (κ1) is 16.0. The summed E-state index contributed by atoms with van der Waals surface area (Å²) in [6, 6.07) is 0. The molecule has 2 heteroatoms. The van der Waals surface area contributed by atoms with Gasteiger partial charge in [0.1, 0.15) is 0 Å². The van der Waals surface area contributed by atoms with Gasteiger partial charge in [-0.15, -0.1) is 0 Å². The maximum absolute atomic E-state index is 10.4. The van der Waals surface area contributed by atoms with Gasteiger partial charge in [-0.2, -0.15) is 0 Å². The standard InChI is InChI=1S/C17H29NO/c1-16(2,3)14-12(11-18(7)8)9-10-13(19)15(14)17(4,5)6/h9-11,13,19H,1-8H3/b12-11-. The number of hydrogen-bond donors (Lipinski definition) is 1. The molecule has 0 fully saturated rings. The van der Waals surface area contributed by atoms with E-state index >= 15 is 0 Å². The van der Waals surface area contributed by atoms with Crippen molar-refractivity contribution in [2.75, 3.05) is 14.1 Å². The van der Waals surface area contributed by atoms with E-state index in [1.54, 1.807) is 0 Å². The van der Waals surface area contributed by atoms with Crippen molar-refractivity contribution in [1.29, 1.82) is 0 Å². The topological polar surface area (TPSA) is 23.5 Å². The smallest absolute Gasteiger partial charge is 0.0946 e. The number of rotatable bonds is 1. The average Bonchev–Trinajstić information content (AvgIpc) is 2.15. The first-order valence-electron chi connectivity index (χ1n) is 6.94. The van der Waals surface area contributed by atoms with Crippen molar-refractivity contribution < 1.29 is 5.11 Å². The van der Waals surface area contributed by atoms with Crippen molar-refractivity contribution in [3.05, 3.63) is 35.1 Å². The monoisotopic (exact) mass is 263 g/mol. The lowest BCUT2D eigenvalue weighted by Crippen LogP contribution is -2.30. The average molecular weight is 263 g/mol. The molecule has 0 amide bonds. The predicted molar refractivity (Wildman–Crippen MR) is 82.9 cm³/mol. The molecule has 1 rings (SSSR count). The Hall–Kier alpha value is -1.02. The second-order valence-corrected chi connectivity index (χ2v) is 7.64. The highest BCUT2D eigenvalue weighted by Gasteiger charge is 2.34. The van der Waals surface area contributed by atoms with Gasteiger partial charge in [0.05, 0.1) is 6.10 Å². The van der Waals surface area contributed by atoms with Crippen LogP contribution in [0.5, 0.6) is 0 Å². The number of allylic oxidation sites excluding steroid dienone is 3. The Labute approximate surface area is 118 Å². The lowest BCUT2D eigenvalue weighted by atomic mass is 9.68. The minimum Gasteiger partial charge on any atom is -0.385 e. The van der Waals surface area contributed by atoms with E-state index in [0.717, 1.165) is 5.57 Å². The Kier molecular flexibility index (Phi) is 4.36. The van der Waals surface area contributed by atoms with Crippen LogP contribution in [0, 0.1) is 10.8 Å². The molecule has 1 unspecified atom stereocenters. The van der Waals surface area contributed by atoms with Gasteiger partial charge in [0.2, 0.25) is 0 Å². The molecular weight excluding hydrogens is 234 g/mol. The van der Waals surface area contributed by atoms with Crippen LogP contribution in [0.15, 0.2) is 35.1 Å². The number of hydrogen-bond acceptors (Lipinski definition) is 2. The fraction of sp³-hybridized carbons (Fsp3) is 0.647. The minimum atomic E-state index is -0.478. The third kappa shape index (κ3) is 3.73. The van der Waals surface area contributed by atoms with Crippen LogP contribution in [0.1, 0.15) is 41.5 Å². The third-order valence-corrected chi connectivity index (χ3v) is 3.27. The zero-order valence-electron chi connectivity index (χ0n) is 13.7. The molecule has 0 aromatic heterocycles. The van der Waals surface area contributed by atoms with Gasteiger partial charge in [0, 0.05) is 20.3 Å². The zero-order chi connectivity index (χ0) is 15.0. The molecule has 0 aliphatic heterocycles. The lowest BCUT2D eigenvalue weighted by molar-refractivity contribution is 0.221. The number of aliphatic hydroxyl groups is 1. The molecule has 0 saturated carbocycles. The van der Waals surface area contributed by atoms with Gasteiger partial charge in [0.15, 0.2) is 0 Å². The van der Waals surface area contributed by atoms with E-state index in [4.69, 9.17) is 0 Å². The van der Waals surface area contributed by atoms with Gasteiger partial charge in [-0.3, -0.25) is 0 Å². The van der Waals surface area contributed by atoms with Gasteiger partial charge in [-0.1, -0.05) is 53.7 Å². The highest BCUT2D eigenvalue weighted by atomic mass is 16.3. The molecule has 2 nitrogen and oxygen atoms in total. The van der Waals surface area contributed by atoms with E-state index in [2.05, 4.69) is 52.6 Å². The van der Waals surface area contributed by atoms with Gasteiger partial charge in [-0.25, -0.2) is 0 Å². The molecule has 1 N–H and O–H groups in total. The normalized spacial score (nSPS) is 23.2. The SMILES string of the molecule is CN(C)/C=C1/C=CC(O)C(C(C)(C)C)=C1C(C)(C)C. The predicted octanol–water partition coefficient (Wildman–Crippen LogP) is 3.75. The lowest BCUT2D eigenvalue weighted by Gasteiger charge is -2.38. The third-order valence-electron chi connectivity index (χ3n) is 3.27. The summed E-state index contributed by atoms with van der Waals surface area (Å²) in [4.78, 5) is 2.06. The molecule has 19 heavy (non-hydrogen) atoms.